The molecule has 1 aromatic carbocycles. The highest BCUT2D eigenvalue weighted by atomic mass is 28.3. The lowest BCUT2D eigenvalue weighted by atomic mass is 9.98. The first kappa shape index (κ1) is 14.2. The topological polar surface area (TPSA) is 17.1 Å². The minimum absolute atomic E-state index is 0.286. The quantitative estimate of drug-likeness (QED) is 0.530. The Morgan fingerprint density at radius 2 is 1.76 bits per heavy atom. The van der Waals surface area contributed by atoms with Gasteiger partial charge in [-0.15, -0.1) is 0 Å². The number of ketones is 1. The van der Waals surface area contributed by atoms with Gasteiger partial charge in [-0.2, -0.15) is 0 Å². The van der Waals surface area contributed by atoms with Crippen LogP contribution in [0.15, 0.2) is 30.3 Å². The second-order valence-corrected chi connectivity index (χ2v) is 11.8. The molecular formula is C15H24OSi. The molecule has 0 bridgehead atoms. The summed E-state index contributed by atoms with van der Waals surface area (Å²) in [5.74, 6) is 0.795. The third-order valence-electron chi connectivity index (χ3n) is 3.02. The minimum Gasteiger partial charge on any atom is -0.294 e. The van der Waals surface area contributed by atoms with Gasteiger partial charge in [0.05, 0.1) is 0 Å². The molecule has 0 aromatic heterocycles. The Morgan fingerprint density at radius 1 is 1.18 bits per heavy atom. The predicted molar refractivity (Wildman–Crippen MR) is 77.3 cm³/mol. The molecule has 0 aliphatic heterocycles. The molecule has 0 saturated carbocycles. The molecule has 0 spiro atoms. The highest BCUT2D eigenvalue weighted by Crippen LogP contribution is 2.20. The van der Waals surface area contributed by atoms with Crippen molar-refractivity contribution in [2.75, 3.05) is 0 Å². The molecule has 0 aliphatic rings. The molecule has 1 atom stereocenters. The van der Waals surface area contributed by atoms with Crippen LogP contribution in [0.3, 0.4) is 0 Å². The molecule has 0 N–H and O–H groups in total. The predicted octanol–water partition coefficient (Wildman–Crippen LogP) is 4.62. The Hall–Kier alpha value is -0.893. The second kappa shape index (κ2) is 6.15. The Kier molecular flexibility index (Phi) is 5.13. The molecule has 0 saturated heterocycles. The molecule has 17 heavy (non-hydrogen) atoms. The van der Waals surface area contributed by atoms with Crippen LogP contribution in [0.1, 0.15) is 30.1 Å². The van der Waals surface area contributed by atoms with Crippen molar-refractivity contribution in [3.63, 3.8) is 0 Å². The summed E-state index contributed by atoms with van der Waals surface area (Å²) in [6.45, 7) is 9.36. The number of carbonyl (C=O) groups excluding carboxylic acids is 1. The largest absolute Gasteiger partial charge is 0.294 e. The summed E-state index contributed by atoms with van der Waals surface area (Å²) in [6, 6.07) is 10.9. The van der Waals surface area contributed by atoms with Gasteiger partial charge in [0.15, 0.2) is 5.78 Å². The van der Waals surface area contributed by atoms with Crippen LogP contribution < -0.4 is 0 Å². The molecule has 0 aliphatic carbocycles. The lowest BCUT2D eigenvalue weighted by Crippen LogP contribution is -2.20. The van der Waals surface area contributed by atoms with E-state index in [1.165, 1.54) is 12.5 Å². The normalized spacial score (nSPS) is 13.4. The van der Waals surface area contributed by atoms with E-state index in [0.717, 1.165) is 5.56 Å². The van der Waals surface area contributed by atoms with Crippen molar-refractivity contribution in [3.05, 3.63) is 35.9 Å². The van der Waals surface area contributed by atoms with E-state index in [1.807, 2.05) is 30.3 Å². The van der Waals surface area contributed by atoms with Gasteiger partial charge in [0.1, 0.15) is 0 Å². The zero-order chi connectivity index (χ0) is 12.9. The van der Waals surface area contributed by atoms with Crippen LogP contribution >= 0.6 is 0 Å². The Bertz CT molecular complexity index is 351. The van der Waals surface area contributed by atoms with Crippen molar-refractivity contribution < 1.29 is 4.79 Å². The molecule has 1 unspecified atom stereocenters. The fourth-order valence-corrected chi connectivity index (χ4v) is 3.20. The summed E-state index contributed by atoms with van der Waals surface area (Å²) in [7, 11) is -0.962. The fourth-order valence-electron chi connectivity index (χ4n) is 1.84. The smallest absolute Gasteiger partial charge is 0.163 e. The number of hydrogen-bond donors (Lipinski definition) is 0. The highest BCUT2D eigenvalue weighted by Gasteiger charge is 2.16. The average molecular weight is 248 g/mol. The van der Waals surface area contributed by atoms with Gasteiger partial charge >= 0.3 is 0 Å². The summed E-state index contributed by atoms with van der Waals surface area (Å²) in [5.41, 5.74) is 0.854. The van der Waals surface area contributed by atoms with Crippen molar-refractivity contribution >= 4 is 13.9 Å². The van der Waals surface area contributed by atoms with Crippen LogP contribution in [0.2, 0.25) is 25.7 Å². The van der Waals surface area contributed by atoms with E-state index in [0.29, 0.717) is 12.3 Å². The Balaban J connectivity index is 2.42. The van der Waals surface area contributed by atoms with E-state index in [2.05, 4.69) is 26.6 Å². The zero-order valence-corrected chi connectivity index (χ0v) is 12.5. The van der Waals surface area contributed by atoms with Crippen LogP contribution in [0, 0.1) is 5.92 Å². The molecule has 0 fully saturated rings. The minimum atomic E-state index is -0.962. The van der Waals surface area contributed by atoms with Gasteiger partial charge in [-0.25, -0.2) is 0 Å². The van der Waals surface area contributed by atoms with Crippen LogP contribution in [0.25, 0.3) is 0 Å². The van der Waals surface area contributed by atoms with E-state index in [9.17, 15) is 4.79 Å². The molecular weight excluding hydrogens is 224 g/mol. The van der Waals surface area contributed by atoms with Crippen LogP contribution in [-0.2, 0) is 0 Å². The molecule has 1 nitrogen and oxygen atoms in total. The highest BCUT2D eigenvalue weighted by molar-refractivity contribution is 6.76. The van der Waals surface area contributed by atoms with Crippen molar-refractivity contribution in [1.29, 1.82) is 0 Å². The first-order valence-corrected chi connectivity index (χ1v) is 10.2. The third kappa shape index (κ3) is 5.83. The van der Waals surface area contributed by atoms with Gasteiger partial charge in [-0.3, -0.25) is 4.79 Å². The van der Waals surface area contributed by atoms with E-state index in [1.54, 1.807) is 0 Å². The Morgan fingerprint density at radius 3 is 2.29 bits per heavy atom. The summed E-state index contributed by atoms with van der Waals surface area (Å²) >= 11 is 0. The third-order valence-corrected chi connectivity index (χ3v) is 4.81. The van der Waals surface area contributed by atoms with Crippen molar-refractivity contribution in [2.24, 2.45) is 5.92 Å². The first-order valence-electron chi connectivity index (χ1n) is 6.47. The van der Waals surface area contributed by atoms with Gasteiger partial charge in [0, 0.05) is 20.1 Å². The molecule has 94 valence electrons. The summed E-state index contributed by atoms with van der Waals surface area (Å²) in [6.07, 6.45) is 1.88. The number of hydrogen-bond acceptors (Lipinski definition) is 1. The molecule has 1 aromatic rings. The van der Waals surface area contributed by atoms with Crippen LogP contribution in [-0.4, -0.2) is 13.9 Å². The lowest BCUT2D eigenvalue weighted by molar-refractivity contribution is 0.0963. The Labute approximate surface area is 106 Å². The van der Waals surface area contributed by atoms with Crippen LogP contribution in [0.4, 0.5) is 0 Å². The van der Waals surface area contributed by atoms with E-state index >= 15 is 0 Å². The standard InChI is InChI=1S/C15H24OSi/c1-13(10-11-17(2,3)4)12-15(16)14-8-6-5-7-9-14/h5-9,13H,10-12H2,1-4H3. The van der Waals surface area contributed by atoms with Crippen LogP contribution in [0.5, 0.6) is 0 Å². The molecule has 1 rings (SSSR count). The summed E-state index contributed by atoms with van der Waals surface area (Å²) in [5, 5.41) is 0. The number of benzene rings is 1. The maximum atomic E-state index is 12.0. The maximum absolute atomic E-state index is 12.0. The molecule has 0 amide bonds. The van der Waals surface area contributed by atoms with E-state index in [-0.39, 0.29) is 5.78 Å². The SMILES string of the molecule is CC(CC[Si](C)(C)C)CC(=O)c1ccccc1. The van der Waals surface area contributed by atoms with Crippen molar-refractivity contribution in [1.82, 2.24) is 0 Å². The first-order chi connectivity index (χ1) is 7.88. The average Bonchev–Trinajstić information content (AvgIpc) is 2.27. The van der Waals surface area contributed by atoms with Gasteiger partial charge in [-0.1, -0.05) is 69.4 Å². The molecule has 0 heterocycles. The van der Waals surface area contributed by atoms with Crippen molar-refractivity contribution in [2.45, 2.75) is 45.5 Å². The van der Waals surface area contributed by atoms with E-state index < -0.39 is 8.07 Å². The van der Waals surface area contributed by atoms with Gasteiger partial charge in [-0.05, 0) is 5.92 Å². The monoisotopic (exact) mass is 248 g/mol. The lowest BCUT2D eigenvalue weighted by Gasteiger charge is -2.18. The summed E-state index contributed by atoms with van der Waals surface area (Å²) in [4.78, 5) is 12.0. The number of rotatable bonds is 6. The summed E-state index contributed by atoms with van der Waals surface area (Å²) < 4.78 is 0. The molecule has 2 heteroatoms. The number of carbonyl (C=O) groups is 1. The fraction of sp³-hybridized carbons (Fsp3) is 0.533. The van der Waals surface area contributed by atoms with E-state index in [4.69, 9.17) is 0 Å². The second-order valence-electron chi connectivity index (χ2n) is 6.20. The van der Waals surface area contributed by atoms with Gasteiger partial charge in [0.25, 0.3) is 0 Å². The van der Waals surface area contributed by atoms with Gasteiger partial charge < -0.3 is 0 Å². The van der Waals surface area contributed by atoms with Gasteiger partial charge in [0.2, 0.25) is 0 Å². The molecule has 0 radical (unpaired) electrons. The zero-order valence-electron chi connectivity index (χ0n) is 11.5. The van der Waals surface area contributed by atoms with Crippen molar-refractivity contribution in [3.8, 4) is 0 Å². The maximum Gasteiger partial charge on any atom is 0.163 e. The number of Topliss-reactive ketones (excluding diaryl/α,β-unsaturated/α-hetero) is 1.